The van der Waals surface area contributed by atoms with Gasteiger partial charge in [-0.3, -0.25) is 0 Å². The average molecular weight is 280 g/mol. The molecule has 0 amide bonds. The summed E-state index contributed by atoms with van der Waals surface area (Å²) in [4.78, 5) is 0. The maximum absolute atomic E-state index is 2.51. The van der Waals surface area contributed by atoms with Gasteiger partial charge in [-0.2, -0.15) is 0 Å². The molecule has 72 valence electrons. The Balaban J connectivity index is 2.29. The summed E-state index contributed by atoms with van der Waals surface area (Å²) in [5, 5.41) is 0. The number of rotatable bonds is 2. The summed E-state index contributed by atoms with van der Waals surface area (Å²) in [7, 11) is 0. The second-order valence-electron chi connectivity index (χ2n) is 4.05. The summed E-state index contributed by atoms with van der Waals surface area (Å²) in [6.45, 7) is 5.03. The maximum atomic E-state index is 2.51. The minimum absolute atomic E-state index is 0.0472. The summed E-state index contributed by atoms with van der Waals surface area (Å²) in [6, 6.07) is 0. The quantitative estimate of drug-likeness (QED) is 0.676. The van der Waals surface area contributed by atoms with Gasteiger partial charge >= 0.3 is 94.8 Å². The first-order valence-corrected chi connectivity index (χ1v) is 14.2. The van der Waals surface area contributed by atoms with Crippen LogP contribution in [-0.4, -0.2) is 5.43 Å². The molecule has 0 saturated carbocycles. The molecule has 0 aliphatic heterocycles. The van der Waals surface area contributed by atoms with Gasteiger partial charge in [-0.05, 0) is 0 Å². The second-order valence-corrected chi connectivity index (χ2v) is 22.4. The third kappa shape index (κ3) is 2.17. The molecule has 0 bridgehead atoms. The van der Waals surface area contributed by atoms with Crippen molar-refractivity contribution in [2.75, 3.05) is 0 Å². The number of hydrogen-bond acceptors (Lipinski definition) is 0. The Labute approximate surface area is 94.3 Å². The Hall–Kier alpha value is 0.0600. The van der Waals surface area contributed by atoms with E-state index in [2.05, 4.69) is 61.7 Å². The van der Waals surface area contributed by atoms with Gasteiger partial charge in [0.05, 0.1) is 0 Å². The van der Waals surface area contributed by atoms with Crippen LogP contribution in [0.15, 0.2) is 48.6 Å². The molecule has 0 nitrogen and oxygen atoms in total. The zero-order valence-corrected chi connectivity index (χ0v) is 12.2. The van der Waals surface area contributed by atoms with E-state index in [4.69, 9.17) is 0 Å². The van der Waals surface area contributed by atoms with Gasteiger partial charge in [-0.15, -0.1) is 0 Å². The van der Waals surface area contributed by atoms with Gasteiger partial charge in [0.2, 0.25) is 0 Å². The molecule has 0 heterocycles. The van der Waals surface area contributed by atoms with Crippen molar-refractivity contribution in [2.24, 2.45) is 0 Å². The molecule has 14 heavy (non-hydrogen) atoms. The summed E-state index contributed by atoms with van der Waals surface area (Å²) in [6.07, 6.45) is 18.7. The molecule has 0 N–H and O–H groups in total. The van der Waals surface area contributed by atoms with Gasteiger partial charge in [-0.25, -0.2) is 0 Å². The van der Waals surface area contributed by atoms with Crippen LogP contribution in [0.25, 0.3) is 0 Å². The molecule has 0 fully saturated rings. The SMILES string of the molecule is C[Si](C)=[Zr]([CH]1C=CC=C1)[CH]1C=CC=C1. The van der Waals surface area contributed by atoms with E-state index in [0.29, 0.717) is 0 Å². The molecular formula is C12H16SiZr. The van der Waals surface area contributed by atoms with Crippen LogP contribution in [0.1, 0.15) is 0 Å². The van der Waals surface area contributed by atoms with Crippen molar-refractivity contribution in [3.05, 3.63) is 48.6 Å². The van der Waals surface area contributed by atoms with Crippen LogP contribution < -0.4 is 0 Å². The first-order valence-electron chi connectivity index (χ1n) is 5.16. The van der Waals surface area contributed by atoms with Crippen LogP contribution in [-0.2, 0) is 20.4 Å². The van der Waals surface area contributed by atoms with Crippen molar-refractivity contribution >= 4 is 5.43 Å². The van der Waals surface area contributed by atoms with Crippen LogP contribution in [0.2, 0.25) is 20.3 Å². The Morgan fingerprint density at radius 2 is 1.14 bits per heavy atom. The zero-order valence-electron chi connectivity index (χ0n) is 8.77. The Bertz CT molecular complexity index is 314. The molecule has 0 aromatic heterocycles. The molecule has 0 radical (unpaired) electrons. The Kier molecular flexibility index (Phi) is 3.57. The average Bonchev–Trinajstić information content (AvgIpc) is 2.75. The first kappa shape index (κ1) is 10.6. The van der Waals surface area contributed by atoms with E-state index in [1.165, 1.54) is 0 Å². The fourth-order valence-corrected chi connectivity index (χ4v) is 19.8. The van der Waals surface area contributed by atoms with E-state index in [9.17, 15) is 0 Å². The molecule has 0 aromatic carbocycles. The topological polar surface area (TPSA) is 0 Å². The van der Waals surface area contributed by atoms with Crippen molar-refractivity contribution in [3.8, 4) is 0 Å². The van der Waals surface area contributed by atoms with E-state index in [1.807, 2.05) is 0 Å². The van der Waals surface area contributed by atoms with Crippen molar-refractivity contribution in [3.63, 3.8) is 0 Å². The molecule has 2 heteroatoms. The van der Waals surface area contributed by atoms with Crippen molar-refractivity contribution in [1.29, 1.82) is 0 Å². The van der Waals surface area contributed by atoms with E-state index >= 15 is 0 Å². The monoisotopic (exact) mass is 278 g/mol. The Morgan fingerprint density at radius 3 is 1.43 bits per heavy atom. The van der Waals surface area contributed by atoms with E-state index in [-0.39, 0.29) is 5.43 Å². The predicted molar refractivity (Wildman–Crippen MR) is 61.5 cm³/mol. The predicted octanol–water partition coefficient (Wildman–Crippen LogP) is 3.68. The Morgan fingerprint density at radius 1 is 0.786 bits per heavy atom. The van der Waals surface area contributed by atoms with E-state index in [0.717, 1.165) is 7.25 Å². The zero-order chi connectivity index (χ0) is 9.97. The first-order chi connectivity index (χ1) is 6.79. The third-order valence-electron chi connectivity index (χ3n) is 2.79. The number of allylic oxidation sites excluding steroid dienone is 8. The van der Waals surface area contributed by atoms with Crippen molar-refractivity contribution in [1.82, 2.24) is 0 Å². The van der Waals surface area contributed by atoms with Crippen LogP contribution >= 0.6 is 0 Å². The standard InChI is InChI=1S/2C5H5.C2H6Si.Zr/c2*1-2-4-5-3-1;1-3-2;/h2*1-5H;1-2H3;. The van der Waals surface area contributed by atoms with E-state index in [1.54, 1.807) is 0 Å². The van der Waals surface area contributed by atoms with Crippen molar-refractivity contribution in [2.45, 2.75) is 20.3 Å². The minimum atomic E-state index is -1.27. The van der Waals surface area contributed by atoms with Gasteiger partial charge in [-0.1, -0.05) is 0 Å². The second kappa shape index (κ2) is 4.72. The van der Waals surface area contributed by atoms with Crippen LogP contribution in [0.3, 0.4) is 0 Å². The number of hydrogen-bond donors (Lipinski definition) is 0. The van der Waals surface area contributed by atoms with Crippen LogP contribution in [0.5, 0.6) is 0 Å². The molecule has 0 unspecified atom stereocenters. The molecule has 0 saturated heterocycles. The molecule has 0 atom stereocenters. The third-order valence-corrected chi connectivity index (χ3v) is 21.8. The fraction of sp³-hybridized carbons (Fsp3) is 0.333. The summed E-state index contributed by atoms with van der Waals surface area (Å²) >= 11 is -1.27. The van der Waals surface area contributed by atoms with Crippen LogP contribution in [0.4, 0.5) is 0 Å². The summed E-state index contributed by atoms with van der Waals surface area (Å²) in [5.41, 5.74) is -0.0472. The van der Waals surface area contributed by atoms with E-state index < -0.39 is 20.4 Å². The normalized spacial score (nSPS) is 19.9. The van der Waals surface area contributed by atoms with Crippen LogP contribution in [0, 0.1) is 0 Å². The van der Waals surface area contributed by atoms with Gasteiger partial charge < -0.3 is 0 Å². The van der Waals surface area contributed by atoms with Gasteiger partial charge in [0.25, 0.3) is 0 Å². The fourth-order valence-electron chi connectivity index (χ4n) is 2.17. The summed E-state index contributed by atoms with van der Waals surface area (Å²) in [5.74, 6) is 0. The molecule has 2 aliphatic carbocycles. The molecule has 2 rings (SSSR count). The van der Waals surface area contributed by atoms with Crippen molar-refractivity contribution < 1.29 is 20.4 Å². The molecule has 0 aromatic rings. The summed E-state index contributed by atoms with van der Waals surface area (Å²) < 4.78 is 1.75. The molecule has 0 spiro atoms. The molecular weight excluding hydrogens is 263 g/mol. The van der Waals surface area contributed by atoms with Gasteiger partial charge in [0, 0.05) is 0 Å². The van der Waals surface area contributed by atoms with Gasteiger partial charge in [0.1, 0.15) is 0 Å². The van der Waals surface area contributed by atoms with Gasteiger partial charge in [0.15, 0.2) is 0 Å². The molecule has 2 aliphatic rings.